The topological polar surface area (TPSA) is 62.5 Å². The Kier molecular flexibility index (Phi) is 3.71. The Morgan fingerprint density at radius 3 is 2.86 bits per heavy atom. The highest BCUT2D eigenvalue weighted by Crippen LogP contribution is 2.06. The second kappa shape index (κ2) is 4.81. The Morgan fingerprint density at radius 1 is 1.71 bits per heavy atom. The van der Waals surface area contributed by atoms with Crippen molar-refractivity contribution in [1.29, 1.82) is 0 Å². The summed E-state index contributed by atoms with van der Waals surface area (Å²) < 4.78 is 5.01. The van der Waals surface area contributed by atoms with Gasteiger partial charge in [-0.1, -0.05) is 6.92 Å². The molecule has 1 heterocycles. The van der Waals surface area contributed by atoms with E-state index in [2.05, 4.69) is 5.32 Å². The predicted molar refractivity (Wildman–Crippen MR) is 52.1 cm³/mol. The van der Waals surface area contributed by atoms with Gasteiger partial charge in [0.25, 0.3) is 5.91 Å². The van der Waals surface area contributed by atoms with Crippen LogP contribution in [0.5, 0.6) is 0 Å². The van der Waals surface area contributed by atoms with Crippen molar-refractivity contribution >= 4 is 5.91 Å². The number of hydrogen-bond donors (Lipinski definition) is 2. The molecular weight excluding hydrogens is 182 g/mol. The number of aliphatic hydroxyl groups excluding tert-OH is 1. The second-order valence-electron chi connectivity index (χ2n) is 3.21. The first-order chi connectivity index (χ1) is 6.67. The molecule has 0 saturated heterocycles. The van der Waals surface area contributed by atoms with Crippen LogP contribution in [0, 0.1) is 6.92 Å². The number of rotatable bonds is 4. The number of furan rings is 1. The van der Waals surface area contributed by atoms with Gasteiger partial charge in [0, 0.05) is 0 Å². The minimum absolute atomic E-state index is 0.0426. The molecule has 0 bridgehead atoms. The van der Waals surface area contributed by atoms with Crippen molar-refractivity contribution in [3.8, 4) is 0 Å². The summed E-state index contributed by atoms with van der Waals surface area (Å²) in [7, 11) is 0. The predicted octanol–water partition coefficient (Wildman–Crippen LogP) is 1.09. The molecule has 0 aliphatic heterocycles. The molecule has 2 N–H and O–H groups in total. The Hall–Kier alpha value is -1.29. The molecule has 1 atom stereocenters. The van der Waals surface area contributed by atoms with Gasteiger partial charge < -0.3 is 14.8 Å². The molecule has 0 saturated carbocycles. The average molecular weight is 197 g/mol. The minimum atomic E-state index is -0.206. The summed E-state index contributed by atoms with van der Waals surface area (Å²) in [6.07, 6.45) is 2.12. The van der Waals surface area contributed by atoms with E-state index >= 15 is 0 Å². The smallest absolute Gasteiger partial charge is 0.254 e. The van der Waals surface area contributed by atoms with Crippen molar-refractivity contribution in [1.82, 2.24) is 5.32 Å². The fourth-order valence-electron chi connectivity index (χ4n) is 1.11. The van der Waals surface area contributed by atoms with E-state index in [0.717, 1.165) is 0 Å². The Balaban J connectivity index is 2.58. The highest BCUT2D eigenvalue weighted by Gasteiger charge is 2.12. The third-order valence-corrected chi connectivity index (χ3v) is 2.04. The number of nitrogens with one attached hydrogen (secondary N) is 1. The van der Waals surface area contributed by atoms with Gasteiger partial charge in [-0.3, -0.25) is 4.79 Å². The first-order valence-electron chi connectivity index (χ1n) is 4.64. The van der Waals surface area contributed by atoms with Crippen LogP contribution < -0.4 is 5.32 Å². The van der Waals surface area contributed by atoms with E-state index in [4.69, 9.17) is 9.52 Å². The lowest BCUT2D eigenvalue weighted by atomic mass is 10.2. The first-order valence-corrected chi connectivity index (χ1v) is 4.64. The summed E-state index contributed by atoms with van der Waals surface area (Å²) in [4.78, 5) is 11.5. The molecule has 0 aliphatic rings. The summed E-state index contributed by atoms with van der Waals surface area (Å²) in [5.74, 6) is 0.495. The van der Waals surface area contributed by atoms with Crippen LogP contribution in [0.4, 0.5) is 0 Å². The van der Waals surface area contributed by atoms with E-state index in [1.54, 1.807) is 13.0 Å². The zero-order valence-corrected chi connectivity index (χ0v) is 8.41. The molecule has 0 unspecified atom stereocenters. The summed E-state index contributed by atoms with van der Waals surface area (Å²) in [5, 5.41) is 11.6. The average Bonchev–Trinajstić information content (AvgIpc) is 2.61. The highest BCUT2D eigenvalue weighted by atomic mass is 16.3. The molecule has 0 aliphatic carbocycles. The third-order valence-electron chi connectivity index (χ3n) is 2.04. The van der Waals surface area contributed by atoms with Crippen LogP contribution in [-0.2, 0) is 0 Å². The molecule has 14 heavy (non-hydrogen) atoms. The SMILES string of the molecule is CC[C@@H](CO)NC(=O)c1coc(C)c1. The molecule has 1 rings (SSSR count). The van der Waals surface area contributed by atoms with E-state index in [9.17, 15) is 4.79 Å². The largest absolute Gasteiger partial charge is 0.469 e. The van der Waals surface area contributed by atoms with Crippen molar-refractivity contribution in [2.24, 2.45) is 0 Å². The van der Waals surface area contributed by atoms with E-state index in [-0.39, 0.29) is 18.6 Å². The second-order valence-corrected chi connectivity index (χ2v) is 3.21. The van der Waals surface area contributed by atoms with Crippen LogP contribution >= 0.6 is 0 Å². The number of aliphatic hydroxyl groups is 1. The minimum Gasteiger partial charge on any atom is -0.469 e. The van der Waals surface area contributed by atoms with Crippen LogP contribution in [-0.4, -0.2) is 23.7 Å². The molecule has 0 spiro atoms. The number of hydrogen-bond acceptors (Lipinski definition) is 3. The van der Waals surface area contributed by atoms with E-state index in [1.807, 2.05) is 6.92 Å². The maximum absolute atomic E-state index is 11.5. The fourth-order valence-corrected chi connectivity index (χ4v) is 1.11. The molecule has 4 nitrogen and oxygen atoms in total. The standard InChI is InChI=1S/C10H15NO3/c1-3-9(5-12)11-10(13)8-4-7(2)14-6-8/h4,6,9,12H,3,5H2,1-2H3,(H,11,13)/t9-/m0/s1. The highest BCUT2D eigenvalue weighted by molar-refractivity contribution is 5.94. The van der Waals surface area contributed by atoms with Gasteiger partial charge >= 0.3 is 0 Å². The van der Waals surface area contributed by atoms with Gasteiger partial charge in [-0.15, -0.1) is 0 Å². The summed E-state index contributed by atoms with van der Waals surface area (Å²) >= 11 is 0. The van der Waals surface area contributed by atoms with Gasteiger partial charge in [0.2, 0.25) is 0 Å². The first kappa shape index (κ1) is 10.8. The Labute approximate surface area is 82.9 Å². The van der Waals surface area contributed by atoms with Crippen LogP contribution in [0.1, 0.15) is 29.5 Å². The van der Waals surface area contributed by atoms with E-state index < -0.39 is 0 Å². The number of carbonyl (C=O) groups is 1. The summed E-state index contributed by atoms with van der Waals surface area (Å²) in [6.45, 7) is 3.64. The maximum Gasteiger partial charge on any atom is 0.254 e. The van der Waals surface area contributed by atoms with Crippen LogP contribution in [0.3, 0.4) is 0 Å². The third kappa shape index (κ3) is 2.60. The molecular formula is C10H15NO3. The Morgan fingerprint density at radius 2 is 2.43 bits per heavy atom. The van der Waals surface area contributed by atoms with Gasteiger partial charge in [0.1, 0.15) is 12.0 Å². The van der Waals surface area contributed by atoms with Crippen LogP contribution in [0.15, 0.2) is 16.7 Å². The monoisotopic (exact) mass is 197 g/mol. The number of amides is 1. The van der Waals surface area contributed by atoms with Gasteiger partial charge in [-0.25, -0.2) is 0 Å². The van der Waals surface area contributed by atoms with E-state index in [0.29, 0.717) is 17.7 Å². The van der Waals surface area contributed by atoms with Gasteiger partial charge in [-0.05, 0) is 19.4 Å². The quantitative estimate of drug-likeness (QED) is 0.759. The van der Waals surface area contributed by atoms with Gasteiger partial charge in [-0.2, -0.15) is 0 Å². The summed E-state index contributed by atoms with van der Waals surface area (Å²) in [6, 6.07) is 1.48. The zero-order valence-electron chi connectivity index (χ0n) is 8.41. The molecule has 1 amide bonds. The van der Waals surface area contributed by atoms with Gasteiger partial charge in [0.05, 0.1) is 18.2 Å². The van der Waals surface area contributed by atoms with Crippen molar-refractivity contribution in [3.05, 3.63) is 23.7 Å². The van der Waals surface area contributed by atoms with Crippen molar-refractivity contribution < 1.29 is 14.3 Å². The van der Waals surface area contributed by atoms with Crippen LogP contribution in [0.2, 0.25) is 0 Å². The lowest BCUT2D eigenvalue weighted by Crippen LogP contribution is -2.36. The number of carbonyl (C=O) groups excluding carboxylic acids is 1. The van der Waals surface area contributed by atoms with Crippen molar-refractivity contribution in [2.45, 2.75) is 26.3 Å². The molecule has 4 heteroatoms. The normalized spacial score (nSPS) is 12.5. The lowest BCUT2D eigenvalue weighted by Gasteiger charge is -2.12. The zero-order chi connectivity index (χ0) is 10.6. The number of aryl methyl sites for hydroxylation is 1. The molecule has 78 valence electrons. The van der Waals surface area contributed by atoms with Crippen LogP contribution in [0.25, 0.3) is 0 Å². The van der Waals surface area contributed by atoms with E-state index in [1.165, 1.54) is 6.26 Å². The molecule has 0 radical (unpaired) electrons. The van der Waals surface area contributed by atoms with Crippen molar-refractivity contribution in [2.75, 3.05) is 6.61 Å². The molecule has 0 aromatic carbocycles. The molecule has 1 aromatic rings. The van der Waals surface area contributed by atoms with Crippen molar-refractivity contribution in [3.63, 3.8) is 0 Å². The summed E-state index contributed by atoms with van der Waals surface area (Å²) in [5.41, 5.74) is 0.495. The molecule has 1 aromatic heterocycles. The fraction of sp³-hybridized carbons (Fsp3) is 0.500. The Bertz CT molecular complexity index is 302. The lowest BCUT2D eigenvalue weighted by molar-refractivity contribution is 0.0914. The van der Waals surface area contributed by atoms with Gasteiger partial charge in [0.15, 0.2) is 0 Å². The maximum atomic E-state index is 11.5. The molecule has 0 fully saturated rings.